The lowest BCUT2D eigenvalue weighted by molar-refractivity contribution is 0.0953. The summed E-state index contributed by atoms with van der Waals surface area (Å²) in [7, 11) is -3.69. The highest BCUT2D eigenvalue weighted by molar-refractivity contribution is 7.89. The van der Waals surface area contributed by atoms with E-state index in [1.54, 1.807) is 0 Å². The molecule has 0 spiro atoms. The van der Waals surface area contributed by atoms with Crippen molar-refractivity contribution in [3.8, 4) is 0 Å². The van der Waals surface area contributed by atoms with E-state index in [1.807, 2.05) is 6.92 Å². The first kappa shape index (κ1) is 20.6. The molecule has 6 nitrogen and oxygen atoms in total. The zero-order valence-electron chi connectivity index (χ0n) is 13.6. The third-order valence-corrected chi connectivity index (χ3v) is 3.59. The van der Waals surface area contributed by atoms with Crippen molar-refractivity contribution < 1.29 is 13.2 Å². The highest BCUT2D eigenvalue weighted by Gasteiger charge is 2.09. The number of carbonyl (C=O) groups is 1. The van der Waals surface area contributed by atoms with Crippen LogP contribution < -0.4 is 15.8 Å². The van der Waals surface area contributed by atoms with Crippen molar-refractivity contribution in [1.29, 1.82) is 0 Å². The molecule has 1 aromatic rings. The predicted molar refractivity (Wildman–Crippen MR) is 89.3 cm³/mol. The number of hydrogen-bond donors (Lipinski definition) is 3. The van der Waals surface area contributed by atoms with Gasteiger partial charge in [-0.15, -0.1) is 0 Å². The SMILES string of the molecule is CCCNC(=O)c1ccc(S(N)(=O)=O)cc1.CCCNCC. The largest absolute Gasteiger partial charge is 0.352 e. The van der Waals surface area contributed by atoms with Crippen molar-refractivity contribution in [2.45, 2.75) is 38.5 Å². The summed E-state index contributed by atoms with van der Waals surface area (Å²) in [4.78, 5) is 11.5. The van der Waals surface area contributed by atoms with Gasteiger partial charge in [-0.3, -0.25) is 4.79 Å². The van der Waals surface area contributed by atoms with Crippen LogP contribution in [0.3, 0.4) is 0 Å². The molecule has 0 heterocycles. The van der Waals surface area contributed by atoms with Gasteiger partial charge in [0.05, 0.1) is 4.90 Å². The molecule has 0 saturated heterocycles. The number of amides is 1. The number of sulfonamides is 1. The van der Waals surface area contributed by atoms with Crippen LogP contribution >= 0.6 is 0 Å². The van der Waals surface area contributed by atoms with Crippen LogP contribution in [0.1, 0.15) is 44.0 Å². The quantitative estimate of drug-likeness (QED) is 0.659. The van der Waals surface area contributed by atoms with Crippen LogP contribution in [0.15, 0.2) is 29.2 Å². The van der Waals surface area contributed by atoms with E-state index in [4.69, 9.17) is 5.14 Å². The van der Waals surface area contributed by atoms with E-state index in [9.17, 15) is 13.2 Å². The van der Waals surface area contributed by atoms with E-state index in [0.717, 1.165) is 19.5 Å². The zero-order chi connectivity index (χ0) is 17.0. The molecule has 0 aromatic heterocycles. The van der Waals surface area contributed by atoms with Gasteiger partial charge in [-0.25, -0.2) is 13.6 Å². The second-order valence-electron chi connectivity index (χ2n) is 4.68. The molecular formula is C15H27N3O3S. The van der Waals surface area contributed by atoms with E-state index in [2.05, 4.69) is 24.5 Å². The molecule has 0 aliphatic carbocycles. The average Bonchev–Trinajstić information content (AvgIpc) is 2.50. The molecule has 7 heteroatoms. The van der Waals surface area contributed by atoms with Crippen molar-refractivity contribution in [2.75, 3.05) is 19.6 Å². The van der Waals surface area contributed by atoms with Gasteiger partial charge >= 0.3 is 0 Å². The number of carbonyl (C=O) groups excluding carboxylic acids is 1. The van der Waals surface area contributed by atoms with Crippen LogP contribution in [0.25, 0.3) is 0 Å². The van der Waals surface area contributed by atoms with Crippen LogP contribution in [-0.2, 0) is 10.0 Å². The van der Waals surface area contributed by atoms with Crippen molar-refractivity contribution in [3.63, 3.8) is 0 Å². The van der Waals surface area contributed by atoms with Gasteiger partial charge in [0.25, 0.3) is 5.91 Å². The number of hydrogen-bond acceptors (Lipinski definition) is 4. The Morgan fingerprint density at radius 2 is 1.59 bits per heavy atom. The summed E-state index contributed by atoms with van der Waals surface area (Å²) >= 11 is 0. The third kappa shape index (κ3) is 8.76. The van der Waals surface area contributed by atoms with Crippen molar-refractivity contribution in [3.05, 3.63) is 29.8 Å². The van der Waals surface area contributed by atoms with Gasteiger partial charge in [-0.05, 0) is 50.2 Å². The van der Waals surface area contributed by atoms with Crippen molar-refractivity contribution >= 4 is 15.9 Å². The monoisotopic (exact) mass is 329 g/mol. The first-order valence-electron chi connectivity index (χ1n) is 7.48. The lowest BCUT2D eigenvalue weighted by atomic mass is 10.2. The van der Waals surface area contributed by atoms with Gasteiger partial charge in [-0.1, -0.05) is 20.8 Å². The lowest BCUT2D eigenvalue weighted by Gasteiger charge is -2.04. The summed E-state index contributed by atoms with van der Waals surface area (Å²) in [6, 6.07) is 5.50. The fourth-order valence-electron chi connectivity index (χ4n) is 1.49. The summed E-state index contributed by atoms with van der Waals surface area (Å²) in [5, 5.41) is 10.8. The van der Waals surface area contributed by atoms with Crippen LogP contribution in [0.5, 0.6) is 0 Å². The molecule has 0 bridgehead atoms. The predicted octanol–water partition coefficient (Wildman–Crippen LogP) is 1.48. The minimum atomic E-state index is -3.69. The Morgan fingerprint density at radius 1 is 1.05 bits per heavy atom. The van der Waals surface area contributed by atoms with Crippen LogP contribution in [0.4, 0.5) is 0 Å². The standard InChI is InChI=1S/C10H14N2O3S.C5H13N/c1-2-7-12-10(13)8-3-5-9(6-4-8)16(11,14)15;1-3-5-6-4-2/h3-6H,2,7H2,1H3,(H,12,13)(H2,11,14,15);6H,3-5H2,1-2H3. The minimum absolute atomic E-state index is 0.000425. The van der Waals surface area contributed by atoms with Crippen molar-refractivity contribution in [1.82, 2.24) is 10.6 Å². The normalized spacial score (nSPS) is 10.5. The number of nitrogens with two attached hydrogens (primary N) is 1. The molecule has 22 heavy (non-hydrogen) atoms. The van der Waals surface area contributed by atoms with Gasteiger partial charge in [0, 0.05) is 12.1 Å². The molecule has 1 rings (SSSR count). The van der Waals surface area contributed by atoms with Crippen LogP contribution in [-0.4, -0.2) is 34.0 Å². The number of rotatable bonds is 7. The molecule has 0 atom stereocenters. The first-order valence-corrected chi connectivity index (χ1v) is 9.03. The fraction of sp³-hybridized carbons (Fsp3) is 0.533. The zero-order valence-corrected chi connectivity index (χ0v) is 14.4. The van der Waals surface area contributed by atoms with Gasteiger partial charge < -0.3 is 10.6 Å². The Hall–Kier alpha value is -1.44. The van der Waals surface area contributed by atoms with E-state index < -0.39 is 10.0 Å². The van der Waals surface area contributed by atoms with Gasteiger partial charge in [-0.2, -0.15) is 0 Å². The molecule has 126 valence electrons. The van der Waals surface area contributed by atoms with Crippen molar-refractivity contribution in [2.24, 2.45) is 5.14 Å². The van der Waals surface area contributed by atoms with Crippen LogP contribution in [0.2, 0.25) is 0 Å². The molecule has 0 fully saturated rings. The topological polar surface area (TPSA) is 101 Å². The number of benzene rings is 1. The molecular weight excluding hydrogens is 302 g/mol. The maximum Gasteiger partial charge on any atom is 0.251 e. The van der Waals surface area contributed by atoms with Gasteiger partial charge in [0.15, 0.2) is 0 Å². The van der Waals surface area contributed by atoms with Gasteiger partial charge in [0.2, 0.25) is 10.0 Å². The van der Waals surface area contributed by atoms with Gasteiger partial charge in [0.1, 0.15) is 0 Å². The summed E-state index contributed by atoms with van der Waals surface area (Å²) in [5.41, 5.74) is 0.417. The highest BCUT2D eigenvalue weighted by Crippen LogP contribution is 2.08. The second kappa shape index (κ2) is 11.2. The van der Waals surface area contributed by atoms with E-state index >= 15 is 0 Å². The molecule has 0 saturated carbocycles. The van der Waals surface area contributed by atoms with Crippen LogP contribution in [0, 0.1) is 0 Å². The second-order valence-corrected chi connectivity index (χ2v) is 6.24. The highest BCUT2D eigenvalue weighted by atomic mass is 32.2. The maximum absolute atomic E-state index is 11.5. The van der Waals surface area contributed by atoms with E-state index in [0.29, 0.717) is 12.1 Å². The molecule has 0 aliphatic rings. The summed E-state index contributed by atoms with van der Waals surface area (Å²) in [6.07, 6.45) is 2.09. The smallest absolute Gasteiger partial charge is 0.251 e. The average molecular weight is 329 g/mol. The Balaban J connectivity index is 0.000000626. The Kier molecular flexibility index (Phi) is 10.4. The Labute approximate surface area is 133 Å². The number of nitrogens with one attached hydrogen (secondary N) is 2. The fourth-order valence-corrected chi connectivity index (χ4v) is 2.01. The summed E-state index contributed by atoms with van der Waals surface area (Å²) in [6.45, 7) is 9.10. The Morgan fingerprint density at radius 3 is 1.95 bits per heavy atom. The molecule has 0 aliphatic heterocycles. The molecule has 4 N–H and O–H groups in total. The minimum Gasteiger partial charge on any atom is -0.352 e. The molecule has 0 radical (unpaired) electrons. The summed E-state index contributed by atoms with van der Waals surface area (Å²) < 4.78 is 21.9. The number of primary sulfonamides is 1. The lowest BCUT2D eigenvalue weighted by Crippen LogP contribution is -2.24. The molecule has 0 unspecified atom stereocenters. The Bertz CT molecular complexity index is 523. The first-order chi connectivity index (χ1) is 10.4. The maximum atomic E-state index is 11.5. The summed E-state index contributed by atoms with van der Waals surface area (Å²) in [5.74, 6) is -0.220. The molecule has 1 amide bonds. The van der Waals surface area contributed by atoms with E-state index in [-0.39, 0.29) is 10.8 Å². The molecule has 1 aromatic carbocycles. The van der Waals surface area contributed by atoms with E-state index in [1.165, 1.54) is 30.7 Å². The third-order valence-electron chi connectivity index (χ3n) is 2.66.